The number of hydrogen-bond donors (Lipinski definition) is 0. The molecule has 3 nitrogen and oxygen atoms in total. The summed E-state index contributed by atoms with van der Waals surface area (Å²) in [6.45, 7) is 0.750. The number of benzene rings is 1. The first-order valence-corrected chi connectivity index (χ1v) is 8.34. The molecule has 0 radical (unpaired) electrons. The molecule has 1 fully saturated rings. The van der Waals surface area contributed by atoms with Gasteiger partial charge in [-0.25, -0.2) is 0 Å². The van der Waals surface area contributed by atoms with Gasteiger partial charge in [0, 0.05) is 5.33 Å². The average molecular weight is 343 g/mol. The summed E-state index contributed by atoms with van der Waals surface area (Å²) >= 11 is 3.46. The van der Waals surface area contributed by atoms with Crippen LogP contribution < -0.4 is 14.2 Å². The Balaban J connectivity index is 2.11. The molecule has 0 unspecified atom stereocenters. The van der Waals surface area contributed by atoms with E-state index in [9.17, 15) is 0 Å². The van der Waals surface area contributed by atoms with E-state index >= 15 is 0 Å². The number of rotatable bonds is 6. The van der Waals surface area contributed by atoms with Crippen molar-refractivity contribution < 1.29 is 14.2 Å². The van der Waals surface area contributed by atoms with Crippen molar-refractivity contribution in [1.82, 2.24) is 0 Å². The van der Waals surface area contributed by atoms with Gasteiger partial charge in [0.15, 0.2) is 11.5 Å². The first-order chi connectivity index (χ1) is 9.78. The molecule has 0 saturated heterocycles. The van der Waals surface area contributed by atoms with Crippen LogP contribution in [0.15, 0.2) is 12.1 Å². The summed E-state index contributed by atoms with van der Waals surface area (Å²) in [7, 11) is 3.33. The standard InChI is InChI=1S/C16H23BrO3/c1-18-14-8-13(10-17)9-15(19-2)16(14)20-11-12-6-4-3-5-7-12/h8-9,12H,3-7,10-11H2,1-2H3. The summed E-state index contributed by atoms with van der Waals surface area (Å²) in [5.41, 5.74) is 1.11. The lowest BCUT2D eigenvalue weighted by Gasteiger charge is -2.23. The van der Waals surface area contributed by atoms with Crippen LogP contribution in [0.4, 0.5) is 0 Å². The molecule has 1 saturated carbocycles. The summed E-state index contributed by atoms with van der Waals surface area (Å²) in [5.74, 6) is 2.88. The van der Waals surface area contributed by atoms with Gasteiger partial charge in [-0.15, -0.1) is 0 Å². The van der Waals surface area contributed by atoms with Gasteiger partial charge in [0.05, 0.1) is 20.8 Å². The minimum Gasteiger partial charge on any atom is -0.493 e. The fourth-order valence-corrected chi connectivity index (χ4v) is 3.03. The van der Waals surface area contributed by atoms with E-state index in [0.717, 1.165) is 34.7 Å². The smallest absolute Gasteiger partial charge is 0.203 e. The van der Waals surface area contributed by atoms with E-state index in [1.807, 2.05) is 12.1 Å². The van der Waals surface area contributed by atoms with E-state index in [0.29, 0.717) is 5.92 Å². The van der Waals surface area contributed by atoms with Gasteiger partial charge in [0.2, 0.25) is 5.75 Å². The SMILES string of the molecule is COc1cc(CBr)cc(OC)c1OCC1CCCCC1. The Labute approximate surface area is 129 Å². The molecule has 4 heteroatoms. The Morgan fingerprint density at radius 2 is 1.65 bits per heavy atom. The minimum atomic E-state index is 0.661. The van der Waals surface area contributed by atoms with Crippen molar-refractivity contribution in [3.8, 4) is 17.2 Å². The van der Waals surface area contributed by atoms with E-state index in [1.165, 1.54) is 32.1 Å². The molecular formula is C16H23BrO3. The van der Waals surface area contributed by atoms with Crippen LogP contribution in [0.5, 0.6) is 17.2 Å². The zero-order valence-electron chi connectivity index (χ0n) is 12.3. The molecule has 0 atom stereocenters. The zero-order chi connectivity index (χ0) is 14.4. The molecule has 0 N–H and O–H groups in total. The largest absolute Gasteiger partial charge is 0.493 e. The minimum absolute atomic E-state index is 0.661. The molecule has 112 valence electrons. The third-order valence-corrected chi connectivity index (χ3v) is 4.51. The van der Waals surface area contributed by atoms with E-state index < -0.39 is 0 Å². The van der Waals surface area contributed by atoms with Gasteiger partial charge in [-0.05, 0) is 36.5 Å². The van der Waals surface area contributed by atoms with Crippen LogP contribution in [0.1, 0.15) is 37.7 Å². The number of halogens is 1. The van der Waals surface area contributed by atoms with Crippen LogP contribution in [0.2, 0.25) is 0 Å². The van der Waals surface area contributed by atoms with Gasteiger partial charge in [0.1, 0.15) is 0 Å². The molecule has 1 aliphatic carbocycles. The molecule has 0 bridgehead atoms. The third-order valence-electron chi connectivity index (χ3n) is 3.86. The average Bonchev–Trinajstić information content (AvgIpc) is 2.52. The highest BCUT2D eigenvalue weighted by Gasteiger charge is 2.18. The quantitative estimate of drug-likeness (QED) is 0.709. The second-order valence-electron chi connectivity index (χ2n) is 5.28. The molecule has 1 aromatic carbocycles. The molecule has 0 aromatic heterocycles. The molecule has 1 aromatic rings. The van der Waals surface area contributed by atoms with Crippen LogP contribution in [-0.2, 0) is 5.33 Å². The van der Waals surface area contributed by atoms with Crippen LogP contribution in [0.3, 0.4) is 0 Å². The molecule has 1 aliphatic rings. The molecular weight excluding hydrogens is 320 g/mol. The molecule has 0 spiro atoms. The van der Waals surface area contributed by atoms with Crippen molar-refractivity contribution >= 4 is 15.9 Å². The third kappa shape index (κ3) is 3.81. The number of ether oxygens (including phenoxy) is 3. The Morgan fingerprint density at radius 1 is 1.05 bits per heavy atom. The van der Waals surface area contributed by atoms with E-state index in [-0.39, 0.29) is 0 Å². The summed E-state index contributed by atoms with van der Waals surface area (Å²) in [6, 6.07) is 3.99. The Hall–Kier alpha value is -0.900. The number of alkyl halides is 1. The normalized spacial score (nSPS) is 15.9. The molecule has 0 amide bonds. The lowest BCUT2D eigenvalue weighted by atomic mass is 9.90. The second kappa shape index (κ2) is 7.77. The van der Waals surface area contributed by atoms with Gasteiger partial charge >= 0.3 is 0 Å². The highest BCUT2D eigenvalue weighted by Crippen LogP contribution is 2.39. The fourth-order valence-electron chi connectivity index (χ4n) is 2.71. The summed E-state index contributed by atoms with van der Waals surface area (Å²) in [5, 5.41) is 0.766. The van der Waals surface area contributed by atoms with Gasteiger partial charge in [0.25, 0.3) is 0 Å². The fraction of sp³-hybridized carbons (Fsp3) is 0.625. The van der Waals surface area contributed by atoms with Crippen molar-refractivity contribution in [3.05, 3.63) is 17.7 Å². The number of methoxy groups -OCH3 is 2. The topological polar surface area (TPSA) is 27.7 Å². The lowest BCUT2D eigenvalue weighted by molar-refractivity contribution is 0.195. The Bertz CT molecular complexity index is 403. The molecule has 20 heavy (non-hydrogen) atoms. The van der Waals surface area contributed by atoms with Crippen LogP contribution >= 0.6 is 15.9 Å². The maximum absolute atomic E-state index is 6.02. The van der Waals surface area contributed by atoms with Crippen molar-refractivity contribution in [1.29, 1.82) is 0 Å². The van der Waals surface area contributed by atoms with Crippen molar-refractivity contribution in [2.24, 2.45) is 5.92 Å². The molecule has 2 rings (SSSR count). The highest BCUT2D eigenvalue weighted by molar-refractivity contribution is 9.08. The Morgan fingerprint density at radius 3 is 2.15 bits per heavy atom. The van der Waals surface area contributed by atoms with Crippen LogP contribution in [-0.4, -0.2) is 20.8 Å². The lowest BCUT2D eigenvalue weighted by Crippen LogP contribution is -2.16. The summed E-state index contributed by atoms with van der Waals surface area (Å²) in [4.78, 5) is 0. The van der Waals surface area contributed by atoms with Crippen LogP contribution in [0, 0.1) is 5.92 Å². The first kappa shape index (κ1) is 15.5. The predicted octanol–water partition coefficient (Wildman–Crippen LogP) is 4.56. The maximum atomic E-state index is 6.02. The van der Waals surface area contributed by atoms with E-state index in [2.05, 4.69) is 15.9 Å². The van der Waals surface area contributed by atoms with Gasteiger partial charge < -0.3 is 14.2 Å². The molecule has 0 aliphatic heterocycles. The first-order valence-electron chi connectivity index (χ1n) is 7.22. The monoisotopic (exact) mass is 342 g/mol. The zero-order valence-corrected chi connectivity index (χ0v) is 13.9. The highest BCUT2D eigenvalue weighted by atomic mass is 79.9. The van der Waals surface area contributed by atoms with Crippen molar-refractivity contribution in [3.63, 3.8) is 0 Å². The number of hydrogen-bond acceptors (Lipinski definition) is 3. The summed E-state index contributed by atoms with van der Waals surface area (Å²) < 4.78 is 16.9. The van der Waals surface area contributed by atoms with E-state index in [4.69, 9.17) is 14.2 Å². The van der Waals surface area contributed by atoms with Gasteiger partial charge in [-0.2, -0.15) is 0 Å². The van der Waals surface area contributed by atoms with Crippen LogP contribution in [0.25, 0.3) is 0 Å². The molecule has 0 heterocycles. The second-order valence-corrected chi connectivity index (χ2v) is 5.84. The van der Waals surface area contributed by atoms with Crippen molar-refractivity contribution in [2.45, 2.75) is 37.4 Å². The van der Waals surface area contributed by atoms with Gasteiger partial charge in [-0.3, -0.25) is 0 Å². The predicted molar refractivity (Wildman–Crippen MR) is 84.2 cm³/mol. The maximum Gasteiger partial charge on any atom is 0.203 e. The van der Waals surface area contributed by atoms with E-state index in [1.54, 1.807) is 14.2 Å². The summed E-state index contributed by atoms with van der Waals surface area (Å²) in [6.07, 6.45) is 6.55. The van der Waals surface area contributed by atoms with Gasteiger partial charge in [-0.1, -0.05) is 35.2 Å². The Kier molecular flexibility index (Phi) is 6.02. The van der Waals surface area contributed by atoms with Crippen molar-refractivity contribution in [2.75, 3.05) is 20.8 Å².